The number of benzene rings is 1. The quantitative estimate of drug-likeness (QED) is 0.796. The minimum Gasteiger partial charge on any atom is -0.363 e. The van der Waals surface area contributed by atoms with Gasteiger partial charge in [0.25, 0.3) is 0 Å². The van der Waals surface area contributed by atoms with Crippen LogP contribution in [0.15, 0.2) is 29.2 Å². The third kappa shape index (κ3) is 4.06. The Morgan fingerprint density at radius 2 is 1.63 bits per heavy atom. The lowest BCUT2D eigenvalue weighted by atomic mass is 10.2. The van der Waals surface area contributed by atoms with Gasteiger partial charge in [-0.3, -0.25) is 0 Å². The van der Waals surface area contributed by atoms with Crippen LogP contribution in [0.4, 0.5) is 11.6 Å². The van der Waals surface area contributed by atoms with Gasteiger partial charge >= 0.3 is 0 Å². The molecule has 0 aliphatic carbocycles. The van der Waals surface area contributed by atoms with Crippen molar-refractivity contribution in [2.24, 2.45) is 0 Å². The first kappa shape index (κ1) is 19.6. The minimum atomic E-state index is -3.48. The van der Waals surface area contributed by atoms with Gasteiger partial charge in [-0.15, -0.1) is 0 Å². The van der Waals surface area contributed by atoms with Crippen LogP contribution in [0.25, 0.3) is 0 Å². The van der Waals surface area contributed by atoms with E-state index in [9.17, 15) is 8.42 Å². The Balaban J connectivity index is 1.78. The SMILES string of the molecule is Cc1ccc(C)c(S(=O)(=O)N2CCN(c3cc(N(C)C)nc(C)n3)CC2)c1. The molecule has 0 unspecified atom stereocenters. The van der Waals surface area contributed by atoms with Crippen molar-refractivity contribution in [2.45, 2.75) is 25.7 Å². The smallest absolute Gasteiger partial charge is 0.243 e. The highest BCUT2D eigenvalue weighted by atomic mass is 32.2. The molecular formula is C19H27N5O2S. The summed E-state index contributed by atoms with van der Waals surface area (Å²) in [5, 5.41) is 0. The molecule has 8 heteroatoms. The Hall–Kier alpha value is -2.19. The van der Waals surface area contributed by atoms with Crippen LogP contribution in [-0.2, 0) is 10.0 Å². The molecule has 1 aromatic heterocycles. The maximum Gasteiger partial charge on any atom is 0.243 e. The van der Waals surface area contributed by atoms with Crippen LogP contribution in [0.2, 0.25) is 0 Å². The summed E-state index contributed by atoms with van der Waals surface area (Å²) in [5.41, 5.74) is 1.73. The fraction of sp³-hybridized carbons (Fsp3) is 0.474. The number of rotatable bonds is 4. The van der Waals surface area contributed by atoms with Crippen LogP contribution < -0.4 is 9.80 Å². The van der Waals surface area contributed by atoms with Crippen molar-refractivity contribution in [1.29, 1.82) is 0 Å². The third-order valence-corrected chi connectivity index (χ3v) is 6.83. The molecule has 0 radical (unpaired) electrons. The van der Waals surface area contributed by atoms with Crippen LogP contribution in [0.3, 0.4) is 0 Å². The molecule has 146 valence electrons. The molecule has 1 aliphatic rings. The van der Waals surface area contributed by atoms with E-state index in [-0.39, 0.29) is 0 Å². The van der Waals surface area contributed by atoms with Crippen LogP contribution >= 0.6 is 0 Å². The molecule has 1 fully saturated rings. The Bertz CT molecular complexity index is 935. The van der Waals surface area contributed by atoms with Crippen LogP contribution in [-0.4, -0.2) is 63.0 Å². The van der Waals surface area contributed by atoms with Crippen molar-refractivity contribution in [1.82, 2.24) is 14.3 Å². The largest absolute Gasteiger partial charge is 0.363 e. The number of anilines is 2. The van der Waals surface area contributed by atoms with E-state index in [1.54, 1.807) is 10.4 Å². The van der Waals surface area contributed by atoms with Gasteiger partial charge < -0.3 is 9.80 Å². The van der Waals surface area contributed by atoms with E-state index < -0.39 is 10.0 Å². The van der Waals surface area contributed by atoms with Crippen molar-refractivity contribution < 1.29 is 8.42 Å². The van der Waals surface area contributed by atoms with E-state index in [1.807, 2.05) is 58.0 Å². The molecule has 0 spiro atoms. The van der Waals surface area contributed by atoms with Gasteiger partial charge in [-0.2, -0.15) is 4.31 Å². The number of aromatic nitrogens is 2. The number of aryl methyl sites for hydroxylation is 3. The lowest BCUT2D eigenvalue weighted by Crippen LogP contribution is -2.49. The Labute approximate surface area is 161 Å². The number of piperazine rings is 1. The van der Waals surface area contributed by atoms with Gasteiger partial charge in [-0.25, -0.2) is 18.4 Å². The van der Waals surface area contributed by atoms with E-state index in [2.05, 4.69) is 14.9 Å². The molecule has 2 aromatic rings. The van der Waals surface area contributed by atoms with Crippen molar-refractivity contribution in [3.8, 4) is 0 Å². The van der Waals surface area contributed by atoms with Crippen LogP contribution in [0.5, 0.6) is 0 Å². The second-order valence-electron chi connectivity index (χ2n) is 7.19. The van der Waals surface area contributed by atoms with Crippen molar-refractivity contribution in [3.05, 3.63) is 41.2 Å². The van der Waals surface area contributed by atoms with E-state index in [4.69, 9.17) is 0 Å². The molecule has 2 heterocycles. The maximum atomic E-state index is 13.1. The molecule has 0 amide bonds. The molecule has 0 bridgehead atoms. The number of sulfonamides is 1. The first-order valence-electron chi connectivity index (χ1n) is 9.04. The number of hydrogen-bond donors (Lipinski definition) is 0. The zero-order valence-corrected chi connectivity index (χ0v) is 17.4. The molecule has 0 atom stereocenters. The second-order valence-corrected chi connectivity index (χ2v) is 9.09. The van der Waals surface area contributed by atoms with Crippen molar-refractivity contribution >= 4 is 21.7 Å². The van der Waals surface area contributed by atoms with Gasteiger partial charge in [0, 0.05) is 46.3 Å². The summed E-state index contributed by atoms with van der Waals surface area (Å²) in [4.78, 5) is 13.4. The molecule has 7 nitrogen and oxygen atoms in total. The monoisotopic (exact) mass is 389 g/mol. The zero-order chi connectivity index (χ0) is 19.8. The average Bonchev–Trinajstić information content (AvgIpc) is 2.63. The molecule has 3 rings (SSSR count). The lowest BCUT2D eigenvalue weighted by Gasteiger charge is -2.35. The van der Waals surface area contributed by atoms with Crippen molar-refractivity contribution in [2.75, 3.05) is 50.1 Å². The summed E-state index contributed by atoms with van der Waals surface area (Å²) < 4.78 is 27.7. The summed E-state index contributed by atoms with van der Waals surface area (Å²) in [6.45, 7) is 7.72. The predicted octanol–water partition coefficient (Wildman–Crippen LogP) is 1.98. The van der Waals surface area contributed by atoms with Crippen LogP contribution in [0, 0.1) is 20.8 Å². The van der Waals surface area contributed by atoms with Crippen molar-refractivity contribution in [3.63, 3.8) is 0 Å². The summed E-state index contributed by atoms with van der Waals surface area (Å²) in [5.74, 6) is 2.40. The van der Waals surface area contributed by atoms with E-state index in [0.717, 1.165) is 22.8 Å². The predicted molar refractivity (Wildman–Crippen MR) is 108 cm³/mol. The summed E-state index contributed by atoms with van der Waals surface area (Å²) in [6.07, 6.45) is 0. The van der Waals surface area contributed by atoms with Gasteiger partial charge in [0.2, 0.25) is 10.0 Å². The topological polar surface area (TPSA) is 69.6 Å². The molecular weight excluding hydrogens is 362 g/mol. The zero-order valence-electron chi connectivity index (χ0n) is 16.6. The summed E-state index contributed by atoms with van der Waals surface area (Å²) in [6, 6.07) is 7.51. The first-order valence-corrected chi connectivity index (χ1v) is 10.5. The molecule has 1 aromatic carbocycles. The average molecular weight is 390 g/mol. The summed E-state index contributed by atoms with van der Waals surface area (Å²) >= 11 is 0. The van der Waals surface area contributed by atoms with Gasteiger partial charge in [-0.1, -0.05) is 12.1 Å². The highest BCUT2D eigenvalue weighted by molar-refractivity contribution is 7.89. The molecule has 0 saturated carbocycles. The van der Waals surface area contributed by atoms with E-state index in [1.165, 1.54) is 0 Å². The van der Waals surface area contributed by atoms with Crippen LogP contribution in [0.1, 0.15) is 17.0 Å². The minimum absolute atomic E-state index is 0.406. The maximum absolute atomic E-state index is 13.1. The Morgan fingerprint density at radius 3 is 2.26 bits per heavy atom. The number of nitrogens with zero attached hydrogens (tertiary/aromatic N) is 5. The third-order valence-electron chi connectivity index (χ3n) is 4.79. The van der Waals surface area contributed by atoms with Gasteiger partial charge in [-0.05, 0) is 38.0 Å². The first-order chi connectivity index (χ1) is 12.7. The normalized spacial score (nSPS) is 15.8. The van der Waals surface area contributed by atoms with E-state index >= 15 is 0 Å². The summed E-state index contributed by atoms with van der Waals surface area (Å²) in [7, 11) is 0.404. The highest BCUT2D eigenvalue weighted by Crippen LogP contribution is 2.24. The lowest BCUT2D eigenvalue weighted by molar-refractivity contribution is 0.383. The van der Waals surface area contributed by atoms with Gasteiger partial charge in [0.05, 0.1) is 4.90 Å². The fourth-order valence-corrected chi connectivity index (χ4v) is 4.94. The Morgan fingerprint density at radius 1 is 0.963 bits per heavy atom. The fourth-order valence-electron chi connectivity index (χ4n) is 3.21. The van der Waals surface area contributed by atoms with Gasteiger partial charge in [0.1, 0.15) is 17.5 Å². The molecule has 0 N–H and O–H groups in total. The molecule has 1 saturated heterocycles. The highest BCUT2D eigenvalue weighted by Gasteiger charge is 2.30. The second kappa shape index (κ2) is 7.44. The molecule has 1 aliphatic heterocycles. The number of hydrogen-bond acceptors (Lipinski definition) is 6. The van der Waals surface area contributed by atoms with Gasteiger partial charge in [0.15, 0.2) is 0 Å². The Kier molecular flexibility index (Phi) is 5.39. The standard InChI is InChI=1S/C19H27N5O2S/c1-14-6-7-15(2)17(12-14)27(25,26)24-10-8-23(9-11-24)19-13-18(22(4)5)20-16(3)21-19/h6-7,12-13H,8-11H2,1-5H3. The van der Waals surface area contributed by atoms with E-state index in [0.29, 0.717) is 36.9 Å². The molecule has 27 heavy (non-hydrogen) atoms.